The molecule has 2 heterocycles. The van der Waals surface area contributed by atoms with Crippen LogP contribution in [-0.2, 0) is 12.8 Å². The maximum atomic E-state index is 10.5. The highest BCUT2D eigenvalue weighted by molar-refractivity contribution is 5.93. The van der Waals surface area contributed by atoms with Crippen LogP contribution in [0.2, 0.25) is 0 Å². The number of carboxylic acid groups (broad SMARTS) is 1. The molecule has 0 saturated carbocycles. The number of hydrogen-bond donors (Lipinski definition) is 2. The zero-order valence-corrected chi connectivity index (χ0v) is 21.5. The van der Waals surface area contributed by atoms with E-state index in [0.29, 0.717) is 5.69 Å². The van der Waals surface area contributed by atoms with E-state index in [4.69, 9.17) is 5.11 Å². The Hall–Kier alpha value is -4.13. The van der Waals surface area contributed by atoms with E-state index in [1.54, 1.807) is 13.2 Å². The molecule has 0 bridgehead atoms. The van der Waals surface area contributed by atoms with E-state index in [0.717, 1.165) is 5.69 Å². The van der Waals surface area contributed by atoms with Gasteiger partial charge in [-0.2, -0.15) is 0 Å². The SMILES string of the molecule is CC.CN(c1ccc(-n2ccnc2)cc1)c1ccc2c(c1)CCCC2.CNc1cnccc1C(=O)O. The van der Waals surface area contributed by atoms with Gasteiger partial charge in [0, 0.05) is 49.7 Å². The molecule has 7 heteroatoms. The summed E-state index contributed by atoms with van der Waals surface area (Å²) in [6, 6.07) is 16.9. The monoisotopic (exact) mass is 485 g/mol. The Labute approximate surface area is 213 Å². The van der Waals surface area contributed by atoms with Crippen LogP contribution in [0.25, 0.3) is 5.69 Å². The number of aromatic nitrogens is 3. The molecule has 2 aromatic carbocycles. The Bertz CT molecular complexity index is 1240. The van der Waals surface area contributed by atoms with Crippen molar-refractivity contribution in [3.8, 4) is 5.69 Å². The van der Waals surface area contributed by atoms with Crippen molar-refractivity contribution >= 4 is 23.0 Å². The number of fused-ring (bicyclic) bond motifs is 1. The van der Waals surface area contributed by atoms with Crippen molar-refractivity contribution in [3.63, 3.8) is 0 Å². The Morgan fingerprint density at radius 1 is 0.944 bits per heavy atom. The Kier molecular flexibility index (Phi) is 9.63. The number of hydrogen-bond acceptors (Lipinski definition) is 5. The predicted molar refractivity (Wildman–Crippen MR) is 147 cm³/mol. The van der Waals surface area contributed by atoms with Crippen LogP contribution in [-0.4, -0.2) is 39.7 Å². The van der Waals surface area contributed by atoms with Gasteiger partial charge in [0.05, 0.1) is 23.8 Å². The summed E-state index contributed by atoms with van der Waals surface area (Å²) in [7, 11) is 3.79. The lowest BCUT2D eigenvalue weighted by atomic mass is 9.91. The molecule has 7 nitrogen and oxygen atoms in total. The molecule has 0 radical (unpaired) electrons. The minimum Gasteiger partial charge on any atom is -0.478 e. The average Bonchev–Trinajstić information content (AvgIpc) is 3.49. The summed E-state index contributed by atoms with van der Waals surface area (Å²) in [6.45, 7) is 4.00. The van der Waals surface area contributed by atoms with Crippen molar-refractivity contribution in [1.82, 2.24) is 14.5 Å². The van der Waals surface area contributed by atoms with Gasteiger partial charge in [0.2, 0.25) is 0 Å². The number of carboxylic acids is 1. The number of benzene rings is 2. The lowest BCUT2D eigenvalue weighted by Crippen LogP contribution is -2.11. The molecule has 1 aliphatic carbocycles. The van der Waals surface area contributed by atoms with E-state index < -0.39 is 5.97 Å². The van der Waals surface area contributed by atoms with Gasteiger partial charge < -0.3 is 19.9 Å². The molecule has 0 amide bonds. The minimum absolute atomic E-state index is 0.238. The molecule has 0 saturated heterocycles. The van der Waals surface area contributed by atoms with E-state index >= 15 is 0 Å². The fourth-order valence-corrected chi connectivity index (χ4v) is 4.12. The van der Waals surface area contributed by atoms with Crippen molar-refractivity contribution in [2.24, 2.45) is 0 Å². The van der Waals surface area contributed by atoms with E-state index in [1.807, 2.05) is 30.9 Å². The Morgan fingerprint density at radius 3 is 2.25 bits per heavy atom. The Morgan fingerprint density at radius 2 is 1.64 bits per heavy atom. The first-order valence-electron chi connectivity index (χ1n) is 12.4. The predicted octanol–water partition coefficient (Wildman–Crippen LogP) is 6.37. The molecule has 1 aliphatic rings. The maximum absolute atomic E-state index is 10.5. The second-order valence-electron chi connectivity index (χ2n) is 8.18. The first kappa shape index (κ1) is 26.5. The third kappa shape index (κ3) is 6.50. The van der Waals surface area contributed by atoms with Crippen LogP contribution in [0.5, 0.6) is 0 Å². The summed E-state index contributed by atoms with van der Waals surface area (Å²) >= 11 is 0. The molecule has 2 aromatic heterocycles. The fourth-order valence-electron chi connectivity index (χ4n) is 4.12. The molecule has 0 spiro atoms. The highest BCUT2D eigenvalue weighted by Crippen LogP contribution is 2.29. The number of pyridine rings is 1. The molecule has 4 aromatic rings. The molecule has 5 rings (SSSR count). The topological polar surface area (TPSA) is 83.3 Å². The van der Waals surface area contributed by atoms with Gasteiger partial charge in [-0.1, -0.05) is 19.9 Å². The highest BCUT2D eigenvalue weighted by atomic mass is 16.4. The van der Waals surface area contributed by atoms with Crippen LogP contribution in [0, 0.1) is 0 Å². The molecule has 188 valence electrons. The van der Waals surface area contributed by atoms with Gasteiger partial charge in [-0.15, -0.1) is 0 Å². The van der Waals surface area contributed by atoms with Crippen molar-refractivity contribution in [3.05, 3.63) is 96.3 Å². The zero-order valence-electron chi connectivity index (χ0n) is 21.5. The average molecular weight is 486 g/mol. The van der Waals surface area contributed by atoms with Gasteiger partial charge in [-0.3, -0.25) is 4.98 Å². The third-order valence-corrected chi connectivity index (χ3v) is 6.08. The summed E-state index contributed by atoms with van der Waals surface area (Å²) in [6.07, 6.45) is 13.6. The van der Waals surface area contributed by atoms with E-state index in [9.17, 15) is 4.79 Å². The molecular formula is C29H35N5O2. The van der Waals surface area contributed by atoms with Crippen LogP contribution < -0.4 is 10.2 Å². The number of imidazole rings is 1. The number of aryl methyl sites for hydroxylation is 2. The number of anilines is 3. The Balaban J connectivity index is 0.000000235. The van der Waals surface area contributed by atoms with E-state index in [2.05, 4.69) is 69.7 Å². The van der Waals surface area contributed by atoms with E-state index in [-0.39, 0.29) is 5.56 Å². The highest BCUT2D eigenvalue weighted by Gasteiger charge is 2.12. The molecule has 2 N–H and O–H groups in total. The second kappa shape index (κ2) is 13.1. The molecule has 0 atom stereocenters. The van der Waals surface area contributed by atoms with Crippen LogP contribution in [0.1, 0.15) is 48.2 Å². The third-order valence-electron chi connectivity index (χ3n) is 6.08. The van der Waals surface area contributed by atoms with Crippen molar-refractivity contribution < 1.29 is 9.90 Å². The van der Waals surface area contributed by atoms with Crippen LogP contribution in [0.15, 0.2) is 79.6 Å². The van der Waals surface area contributed by atoms with Crippen molar-refractivity contribution in [1.29, 1.82) is 0 Å². The maximum Gasteiger partial charge on any atom is 0.337 e. The second-order valence-corrected chi connectivity index (χ2v) is 8.18. The number of aromatic carboxylic acids is 1. The first-order chi connectivity index (χ1) is 17.6. The summed E-state index contributed by atoms with van der Waals surface area (Å²) in [5.74, 6) is -0.947. The lowest BCUT2D eigenvalue weighted by molar-refractivity contribution is 0.0698. The van der Waals surface area contributed by atoms with Gasteiger partial charge >= 0.3 is 5.97 Å². The molecule has 0 fully saturated rings. The van der Waals surface area contributed by atoms with Crippen LogP contribution in [0.4, 0.5) is 17.1 Å². The van der Waals surface area contributed by atoms with Crippen LogP contribution in [0.3, 0.4) is 0 Å². The number of nitrogens with one attached hydrogen (secondary N) is 1. The normalized spacial score (nSPS) is 11.7. The van der Waals surface area contributed by atoms with Gasteiger partial charge in [0.15, 0.2) is 0 Å². The molecule has 0 unspecified atom stereocenters. The standard InChI is InChI=1S/C20H21N3.C7H8N2O2.C2H6/c1-22(20-7-6-16-4-2-3-5-17(16)14-20)18-8-10-19(11-9-18)23-13-12-21-15-23;1-8-6-4-9-3-2-5(6)7(10)11;1-2/h6-15H,2-5H2,1H3;2-4,8H,1H3,(H,10,11);1-2H3. The molecule has 36 heavy (non-hydrogen) atoms. The smallest absolute Gasteiger partial charge is 0.337 e. The largest absolute Gasteiger partial charge is 0.478 e. The zero-order chi connectivity index (χ0) is 25.9. The summed E-state index contributed by atoms with van der Waals surface area (Å²) in [5.41, 5.74) is 7.41. The summed E-state index contributed by atoms with van der Waals surface area (Å²) < 4.78 is 2.02. The number of carbonyl (C=O) groups is 1. The van der Waals surface area contributed by atoms with Gasteiger partial charge in [0.25, 0.3) is 0 Å². The first-order valence-corrected chi connectivity index (χ1v) is 12.4. The molecular weight excluding hydrogens is 450 g/mol. The van der Waals surface area contributed by atoms with Crippen LogP contribution >= 0.6 is 0 Å². The molecule has 0 aliphatic heterocycles. The number of nitrogens with zero attached hydrogens (tertiary/aromatic N) is 4. The summed E-state index contributed by atoms with van der Waals surface area (Å²) in [4.78, 5) is 20.6. The van der Waals surface area contributed by atoms with Crippen molar-refractivity contribution in [2.75, 3.05) is 24.3 Å². The quantitative estimate of drug-likeness (QED) is 0.342. The fraction of sp³-hybridized carbons (Fsp3) is 0.276. The van der Waals surface area contributed by atoms with Gasteiger partial charge in [-0.25, -0.2) is 9.78 Å². The lowest BCUT2D eigenvalue weighted by Gasteiger charge is -2.23. The number of rotatable bonds is 5. The van der Waals surface area contributed by atoms with E-state index in [1.165, 1.54) is 66.6 Å². The minimum atomic E-state index is -0.947. The van der Waals surface area contributed by atoms with Gasteiger partial charge in [-0.05, 0) is 79.3 Å². The summed E-state index contributed by atoms with van der Waals surface area (Å²) in [5, 5.41) is 11.4. The van der Waals surface area contributed by atoms with Gasteiger partial charge in [0.1, 0.15) is 0 Å². The van der Waals surface area contributed by atoms with Crippen molar-refractivity contribution in [2.45, 2.75) is 39.5 Å².